The van der Waals surface area contributed by atoms with Crippen molar-refractivity contribution in [2.24, 2.45) is 5.41 Å². The van der Waals surface area contributed by atoms with Gasteiger partial charge in [-0.2, -0.15) is 0 Å². The average Bonchev–Trinajstić information content (AvgIpc) is 2.60. The first-order chi connectivity index (χ1) is 11.1. The normalized spacial score (nSPS) is 16.8. The minimum absolute atomic E-state index is 0.00772. The summed E-state index contributed by atoms with van der Waals surface area (Å²) in [4.78, 5) is 24.0. The monoisotopic (exact) mass is 318 g/mol. The molecule has 0 unspecified atom stereocenters. The molecular weight excluding hydrogens is 292 g/mol. The number of ketones is 1. The van der Waals surface area contributed by atoms with E-state index in [-0.39, 0.29) is 17.1 Å². The Hall–Kier alpha value is -1.72. The van der Waals surface area contributed by atoms with Gasteiger partial charge >= 0.3 is 0 Å². The summed E-state index contributed by atoms with van der Waals surface area (Å²) in [5.41, 5.74) is 1.24. The van der Waals surface area contributed by atoms with Gasteiger partial charge < -0.3 is 15.4 Å². The lowest BCUT2D eigenvalue weighted by molar-refractivity contribution is 0.0511. The summed E-state index contributed by atoms with van der Waals surface area (Å²) in [6, 6.07) is 6.86. The molecule has 126 valence electrons. The summed E-state index contributed by atoms with van der Waals surface area (Å²) in [5, 5.41) is 6.36. The molecule has 0 bridgehead atoms. The highest BCUT2D eigenvalue weighted by molar-refractivity contribution is 5.98. The molecule has 1 aromatic carbocycles. The highest BCUT2D eigenvalue weighted by Crippen LogP contribution is 2.28. The van der Waals surface area contributed by atoms with E-state index in [1.807, 2.05) is 6.92 Å². The lowest BCUT2D eigenvalue weighted by atomic mass is 9.79. The number of carbonyl (C=O) groups excluding carboxylic acids is 2. The first-order valence-electron chi connectivity index (χ1n) is 8.21. The Kier molecular flexibility index (Phi) is 6.30. The zero-order valence-electron chi connectivity index (χ0n) is 14.0. The van der Waals surface area contributed by atoms with Crippen LogP contribution in [0.5, 0.6) is 0 Å². The number of methoxy groups -OCH3 is 1. The number of ether oxygens (including phenoxy) is 1. The maximum absolute atomic E-state index is 12.3. The maximum Gasteiger partial charge on any atom is 0.251 e. The second-order valence-corrected chi connectivity index (χ2v) is 6.22. The largest absolute Gasteiger partial charge is 0.384 e. The molecule has 2 rings (SSSR count). The van der Waals surface area contributed by atoms with Crippen LogP contribution in [-0.2, 0) is 4.74 Å². The van der Waals surface area contributed by atoms with Gasteiger partial charge in [-0.25, -0.2) is 0 Å². The highest BCUT2D eigenvalue weighted by Gasteiger charge is 2.32. The number of piperidine rings is 1. The Balaban J connectivity index is 1.96. The fourth-order valence-corrected chi connectivity index (χ4v) is 3.02. The maximum atomic E-state index is 12.3. The molecule has 1 amide bonds. The van der Waals surface area contributed by atoms with E-state index in [0.29, 0.717) is 30.7 Å². The second-order valence-electron chi connectivity index (χ2n) is 6.22. The number of nitrogens with one attached hydrogen (secondary N) is 2. The number of carbonyl (C=O) groups is 2. The van der Waals surface area contributed by atoms with Gasteiger partial charge in [0.25, 0.3) is 5.91 Å². The Bertz CT molecular complexity index is 528. The predicted octanol–water partition coefficient (Wildman–Crippen LogP) is 2.03. The van der Waals surface area contributed by atoms with Crippen LogP contribution < -0.4 is 10.6 Å². The lowest BCUT2D eigenvalue weighted by Crippen LogP contribution is -2.47. The van der Waals surface area contributed by atoms with Crippen LogP contribution >= 0.6 is 0 Å². The van der Waals surface area contributed by atoms with Gasteiger partial charge in [0.2, 0.25) is 0 Å². The smallest absolute Gasteiger partial charge is 0.251 e. The summed E-state index contributed by atoms with van der Waals surface area (Å²) in [6.45, 7) is 4.99. The van der Waals surface area contributed by atoms with Crippen LogP contribution in [0, 0.1) is 5.41 Å². The van der Waals surface area contributed by atoms with Crippen molar-refractivity contribution >= 4 is 11.7 Å². The Morgan fingerprint density at radius 1 is 1.17 bits per heavy atom. The minimum atomic E-state index is -0.102. The van der Waals surface area contributed by atoms with E-state index in [1.54, 1.807) is 31.4 Å². The number of hydrogen-bond donors (Lipinski definition) is 2. The Labute approximate surface area is 137 Å². The second kappa shape index (κ2) is 8.22. The van der Waals surface area contributed by atoms with Crippen molar-refractivity contribution in [1.82, 2.24) is 10.6 Å². The quantitative estimate of drug-likeness (QED) is 0.755. The average molecular weight is 318 g/mol. The van der Waals surface area contributed by atoms with Crippen molar-refractivity contribution in [2.45, 2.75) is 26.2 Å². The van der Waals surface area contributed by atoms with Crippen LogP contribution in [0.4, 0.5) is 0 Å². The topological polar surface area (TPSA) is 67.4 Å². The number of amides is 1. The van der Waals surface area contributed by atoms with Gasteiger partial charge in [0.05, 0.1) is 6.61 Å². The Morgan fingerprint density at radius 3 is 2.35 bits per heavy atom. The number of hydrogen-bond acceptors (Lipinski definition) is 4. The van der Waals surface area contributed by atoms with E-state index in [4.69, 9.17) is 4.74 Å². The summed E-state index contributed by atoms with van der Waals surface area (Å²) in [7, 11) is 1.70. The predicted molar refractivity (Wildman–Crippen MR) is 89.8 cm³/mol. The molecule has 1 saturated heterocycles. The molecule has 0 atom stereocenters. The van der Waals surface area contributed by atoms with Gasteiger partial charge in [-0.1, -0.05) is 19.1 Å². The SMILES string of the molecule is CCC(=O)c1ccc(C(=O)NCC2(COC)CCNCC2)cc1. The zero-order valence-corrected chi connectivity index (χ0v) is 14.0. The Morgan fingerprint density at radius 2 is 1.78 bits per heavy atom. The molecule has 5 nitrogen and oxygen atoms in total. The van der Waals surface area contributed by atoms with Crippen molar-refractivity contribution in [3.63, 3.8) is 0 Å². The third-order valence-electron chi connectivity index (χ3n) is 4.53. The van der Waals surface area contributed by atoms with Gasteiger partial charge in [0, 0.05) is 36.6 Å². The molecule has 1 aliphatic heterocycles. The van der Waals surface area contributed by atoms with Crippen LogP contribution in [0.2, 0.25) is 0 Å². The minimum Gasteiger partial charge on any atom is -0.384 e. The van der Waals surface area contributed by atoms with Gasteiger partial charge in [0.15, 0.2) is 5.78 Å². The lowest BCUT2D eigenvalue weighted by Gasteiger charge is -2.37. The van der Waals surface area contributed by atoms with Gasteiger partial charge in [-0.05, 0) is 38.1 Å². The molecule has 1 aliphatic rings. The molecule has 1 heterocycles. The van der Waals surface area contributed by atoms with E-state index in [1.165, 1.54) is 0 Å². The molecule has 0 aromatic heterocycles. The summed E-state index contributed by atoms with van der Waals surface area (Å²) in [6.07, 6.45) is 2.45. The fourth-order valence-electron chi connectivity index (χ4n) is 3.02. The molecule has 0 saturated carbocycles. The molecule has 5 heteroatoms. The van der Waals surface area contributed by atoms with Gasteiger partial charge in [0.1, 0.15) is 0 Å². The van der Waals surface area contributed by atoms with E-state index < -0.39 is 0 Å². The highest BCUT2D eigenvalue weighted by atomic mass is 16.5. The van der Waals surface area contributed by atoms with Crippen molar-refractivity contribution in [1.29, 1.82) is 0 Å². The molecular formula is C18H26N2O3. The number of benzene rings is 1. The molecule has 23 heavy (non-hydrogen) atoms. The van der Waals surface area contributed by atoms with Crippen LogP contribution in [0.15, 0.2) is 24.3 Å². The van der Waals surface area contributed by atoms with E-state index in [9.17, 15) is 9.59 Å². The van der Waals surface area contributed by atoms with Crippen LogP contribution in [0.1, 0.15) is 46.9 Å². The first-order valence-corrected chi connectivity index (χ1v) is 8.21. The van der Waals surface area contributed by atoms with Crippen molar-refractivity contribution in [2.75, 3.05) is 33.4 Å². The van der Waals surface area contributed by atoms with Gasteiger partial charge in [-0.15, -0.1) is 0 Å². The summed E-state index contributed by atoms with van der Waals surface area (Å²) >= 11 is 0. The van der Waals surface area contributed by atoms with Crippen molar-refractivity contribution in [3.8, 4) is 0 Å². The molecule has 2 N–H and O–H groups in total. The molecule has 0 radical (unpaired) electrons. The standard InChI is InChI=1S/C18H26N2O3/c1-3-16(21)14-4-6-15(7-5-14)17(22)20-12-18(13-23-2)8-10-19-11-9-18/h4-7,19H,3,8-13H2,1-2H3,(H,20,22). The first kappa shape index (κ1) is 17.6. The van der Waals surface area contributed by atoms with E-state index in [0.717, 1.165) is 25.9 Å². The van der Waals surface area contributed by atoms with Crippen molar-refractivity contribution in [3.05, 3.63) is 35.4 Å². The third-order valence-corrected chi connectivity index (χ3v) is 4.53. The summed E-state index contributed by atoms with van der Waals surface area (Å²) in [5.74, 6) is -0.0137. The molecule has 1 aromatic rings. The molecule has 0 aliphatic carbocycles. The number of Topliss-reactive ketones (excluding diaryl/α,β-unsaturated/α-hetero) is 1. The van der Waals surface area contributed by atoms with E-state index in [2.05, 4.69) is 10.6 Å². The third kappa shape index (κ3) is 4.62. The number of rotatable bonds is 7. The van der Waals surface area contributed by atoms with Crippen LogP contribution in [-0.4, -0.2) is 45.0 Å². The van der Waals surface area contributed by atoms with E-state index >= 15 is 0 Å². The van der Waals surface area contributed by atoms with Crippen LogP contribution in [0.3, 0.4) is 0 Å². The van der Waals surface area contributed by atoms with Crippen LogP contribution in [0.25, 0.3) is 0 Å². The molecule has 0 spiro atoms. The van der Waals surface area contributed by atoms with Gasteiger partial charge in [-0.3, -0.25) is 9.59 Å². The van der Waals surface area contributed by atoms with Crippen molar-refractivity contribution < 1.29 is 14.3 Å². The summed E-state index contributed by atoms with van der Waals surface area (Å²) < 4.78 is 5.36. The fraction of sp³-hybridized carbons (Fsp3) is 0.556. The molecule has 1 fully saturated rings. The zero-order chi connectivity index (χ0) is 16.7.